The van der Waals surface area contributed by atoms with Gasteiger partial charge in [-0.1, -0.05) is 36.4 Å². The summed E-state index contributed by atoms with van der Waals surface area (Å²) in [6.07, 6.45) is 0. The van der Waals surface area contributed by atoms with Gasteiger partial charge in [0.1, 0.15) is 0 Å². The predicted octanol–water partition coefficient (Wildman–Crippen LogP) is 3.37. The highest BCUT2D eigenvalue weighted by molar-refractivity contribution is 5.88. The van der Waals surface area contributed by atoms with Crippen molar-refractivity contribution in [1.82, 2.24) is 0 Å². The van der Waals surface area contributed by atoms with Crippen molar-refractivity contribution in [1.29, 1.82) is 0 Å². The van der Waals surface area contributed by atoms with Crippen LogP contribution in [-0.2, 0) is 6.61 Å². The summed E-state index contributed by atoms with van der Waals surface area (Å²) in [6.45, 7) is 5.97. The second kappa shape index (κ2) is 3.87. The molecule has 2 aromatic rings. The van der Waals surface area contributed by atoms with Crippen LogP contribution in [0.4, 0.5) is 0 Å². The molecule has 0 aliphatic heterocycles. The standard InChI is InChI=1S/C14H14O/c1-10(2)12-7-11-5-3-4-6-14(11)13(8-12)9-15/h3-8,15H,1,9H2,2H3. The van der Waals surface area contributed by atoms with Gasteiger partial charge in [0.2, 0.25) is 0 Å². The molecule has 0 bridgehead atoms. The molecular weight excluding hydrogens is 184 g/mol. The van der Waals surface area contributed by atoms with Gasteiger partial charge in [0.15, 0.2) is 0 Å². The largest absolute Gasteiger partial charge is 0.392 e. The highest BCUT2D eigenvalue weighted by atomic mass is 16.3. The topological polar surface area (TPSA) is 20.2 Å². The zero-order valence-corrected chi connectivity index (χ0v) is 8.83. The van der Waals surface area contributed by atoms with Crippen molar-refractivity contribution in [3.8, 4) is 0 Å². The summed E-state index contributed by atoms with van der Waals surface area (Å²) in [5.41, 5.74) is 3.08. The van der Waals surface area contributed by atoms with Crippen molar-refractivity contribution < 1.29 is 5.11 Å². The fourth-order valence-corrected chi connectivity index (χ4v) is 1.77. The van der Waals surface area contributed by atoms with E-state index in [1.165, 1.54) is 0 Å². The molecule has 15 heavy (non-hydrogen) atoms. The molecule has 0 saturated heterocycles. The summed E-state index contributed by atoms with van der Waals surface area (Å²) < 4.78 is 0. The number of hydrogen-bond donors (Lipinski definition) is 1. The lowest BCUT2D eigenvalue weighted by Gasteiger charge is -2.08. The normalized spacial score (nSPS) is 10.5. The predicted molar refractivity (Wildman–Crippen MR) is 64.6 cm³/mol. The zero-order chi connectivity index (χ0) is 10.8. The minimum atomic E-state index is 0.0711. The first kappa shape index (κ1) is 9.94. The molecule has 0 aliphatic rings. The van der Waals surface area contributed by atoms with Gasteiger partial charge in [0.25, 0.3) is 0 Å². The Morgan fingerprint density at radius 1 is 1.27 bits per heavy atom. The lowest BCUT2D eigenvalue weighted by Crippen LogP contribution is -1.89. The van der Waals surface area contributed by atoms with Crippen LogP contribution in [0.2, 0.25) is 0 Å². The minimum absolute atomic E-state index is 0.0711. The van der Waals surface area contributed by atoms with Crippen LogP contribution in [0, 0.1) is 0 Å². The van der Waals surface area contributed by atoms with E-state index in [4.69, 9.17) is 0 Å². The van der Waals surface area contributed by atoms with Gasteiger partial charge in [-0.2, -0.15) is 0 Å². The Kier molecular flexibility index (Phi) is 2.57. The van der Waals surface area contributed by atoms with Gasteiger partial charge >= 0.3 is 0 Å². The molecule has 0 aliphatic carbocycles. The third kappa shape index (κ3) is 1.79. The Morgan fingerprint density at radius 3 is 2.67 bits per heavy atom. The Hall–Kier alpha value is -1.60. The second-order valence-corrected chi connectivity index (χ2v) is 3.79. The number of hydrogen-bond acceptors (Lipinski definition) is 1. The maximum atomic E-state index is 9.31. The Morgan fingerprint density at radius 2 is 2.00 bits per heavy atom. The van der Waals surface area contributed by atoms with Crippen LogP contribution in [0.1, 0.15) is 18.1 Å². The lowest BCUT2D eigenvalue weighted by atomic mass is 9.98. The van der Waals surface area contributed by atoms with Crippen LogP contribution in [0.15, 0.2) is 43.0 Å². The molecule has 2 rings (SSSR count). The number of allylic oxidation sites excluding steroid dienone is 1. The summed E-state index contributed by atoms with van der Waals surface area (Å²) in [6, 6.07) is 12.2. The van der Waals surface area contributed by atoms with Crippen LogP contribution in [0.5, 0.6) is 0 Å². The zero-order valence-electron chi connectivity index (χ0n) is 8.83. The smallest absolute Gasteiger partial charge is 0.0688 e. The molecule has 2 aromatic carbocycles. The number of aliphatic hydroxyl groups excluding tert-OH is 1. The lowest BCUT2D eigenvalue weighted by molar-refractivity contribution is 0.283. The van der Waals surface area contributed by atoms with Gasteiger partial charge in [-0.15, -0.1) is 0 Å². The molecule has 76 valence electrons. The highest BCUT2D eigenvalue weighted by Gasteiger charge is 2.03. The van der Waals surface area contributed by atoms with E-state index < -0.39 is 0 Å². The average Bonchev–Trinajstić information content (AvgIpc) is 2.27. The first-order chi connectivity index (χ1) is 7.22. The fourth-order valence-electron chi connectivity index (χ4n) is 1.77. The van der Waals surface area contributed by atoms with E-state index in [1.807, 2.05) is 31.2 Å². The summed E-state index contributed by atoms with van der Waals surface area (Å²) in [5.74, 6) is 0. The maximum Gasteiger partial charge on any atom is 0.0688 e. The molecule has 0 aromatic heterocycles. The number of benzene rings is 2. The molecule has 0 atom stereocenters. The van der Waals surface area contributed by atoms with Gasteiger partial charge in [-0.05, 0) is 41.0 Å². The van der Waals surface area contributed by atoms with Gasteiger partial charge in [0, 0.05) is 0 Å². The van der Waals surface area contributed by atoms with Crippen molar-refractivity contribution >= 4 is 16.3 Å². The first-order valence-corrected chi connectivity index (χ1v) is 5.01. The summed E-state index contributed by atoms with van der Waals surface area (Å²) in [4.78, 5) is 0. The van der Waals surface area contributed by atoms with Gasteiger partial charge in [0.05, 0.1) is 6.61 Å². The van der Waals surface area contributed by atoms with Crippen LogP contribution < -0.4 is 0 Å². The van der Waals surface area contributed by atoms with Crippen LogP contribution in [0.3, 0.4) is 0 Å². The molecule has 0 amide bonds. The molecule has 0 saturated carbocycles. The molecule has 0 fully saturated rings. The molecular formula is C14H14O. The number of fused-ring (bicyclic) bond motifs is 1. The quantitative estimate of drug-likeness (QED) is 0.784. The van der Waals surface area contributed by atoms with E-state index in [-0.39, 0.29) is 6.61 Å². The third-order valence-corrected chi connectivity index (χ3v) is 2.61. The number of aliphatic hydroxyl groups is 1. The van der Waals surface area contributed by atoms with E-state index in [0.717, 1.165) is 27.5 Å². The molecule has 1 heteroatoms. The fraction of sp³-hybridized carbons (Fsp3) is 0.143. The third-order valence-electron chi connectivity index (χ3n) is 2.61. The van der Waals surface area contributed by atoms with Crippen molar-refractivity contribution in [3.63, 3.8) is 0 Å². The molecule has 1 nitrogen and oxygen atoms in total. The summed E-state index contributed by atoms with van der Waals surface area (Å²) in [7, 11) is 0. The van der Waals surface area contributed by atoms with Gasteiger partial charge in [-0.25, -0.2) is 0 Å². The van der Waals surface area contributed by atoms with Crippen molar-refractivity contribution in [2.75, 3.05) is 0 Å². The average molecular weight is 198 g/mol. The number of rotatable bonds is 2. The van der Waals surface area contributed by atoms with Crippen molar-refractivity contribution in [2.45, 2.75) is 13.5 Å². The van der Waals surface area contributed by atoms with Gasteiger partial charge < -0.3 is 5.11 Å². The second-order valence-electron chi connectivity index (χ2n) is 3.79. The van der Waals surface area contributed by atoms with Crippen LogP contribution in [-0.4, -0.2) is 5.11 Å². The van der Waals surface area contributed by atoms with Gasteiger partial charge in [-0.3, -0.25) is 0 Å². The SMILES string of the molecule is C=C(C)c1cc(CO)c2ccccc2c1. The monoisotopic (exact) mass is 198 g/mol. The molecule has 0 spiro atoms. The molecule has 0 heterocycles. The Bertz CT molecular complexity index is 512. The summed E-state index contributed by atoms with van der Waals surface area (Å²) >= 11 is 0. The Labute approximate surface area is 89.7 Å². The van der Waals surface area contributed by atoms with Crippen molar-refractivity contribution in [2.24, 2.45) is 0 Å². The first-order valence-electron chi connectivity index (χ1n) is 5.01. The minimum Gasteiger partial charge on any atom is -0.392 e. The van der Waals surface area contributed by atoms with E-state index >= 15 is 0 Å². The van der Waals surface area contributed by atoms with Crippen LogP contribution in [0.25, 0.3) is 16.3 Å². The molecule has 0 radical (unpaired) electrons. The highest BCUT2D eigenvalue weighted by Crippen LogP contribution is 2.24. The Balaban J connectivity index is 2.77. The van der Waals surface area contributed by atoms with E-state index in [1.54, 1.807) is 0 Å². The van der Waals surface area contributed by atoms with E-state index in [9.17, 15) is 5.11 Å². The maximum absolute atomic E-state index is 9.31. The van der Waals surface area contributed by atoms with E-state index in [0.29, 0.717) is 0 Å². The summed E-state index contributed by atoms with van der Waals surface area (Å²) in [5, 5.41) is 11.6. The van der Waals surface area contributed by atoms with Crippen LogP contribution >= 0.6 is 0 Å². The molecule has 0 unspecified atom stereocenters. The van der Waals surface area contributed by atoms with Crippen molar-refractivity contribution in [3.05, 3.63) is 54.1 Å². The molecule has 1 N–H and O–H groups in total. The van der Waals surface area contributed by atoms with E-state index in [2.05, 4.69) is 18.7 Å².